The van der Waals surface area contributed by atoms with Gasteiger partial charge in [0.15, 0.2) is 0 Å². The lowest BCUT2D eigenvalue weighted by molar-refractivity contribution is -0.384. The molecule has 1 aliphatic heterocycles. The number of amides is 1. The SMILES string of the molecule is C/C(=N/Oc1ncnc(OC2CCN(C(=O)O)CC2)c1C)c1ccc([N+](=O)[O-])cc1. The summed E-state index contributed by atoms with van der Waals surface area (Å²) in [6.07, 6.45) is 1.38. The summed E-state index contributed by atoms with van der Waals surface area (Å²) in [7, 11) is 0. The quantitative estimate of drug-likeness (QED) is 0.431. The largest absolute Gasteiger partial charge is 0.474 e. The van der Waals surface area contributed by atoms with E-state index in [0.29, 0.717) is 48.6 Å². The normalized spacial score (nSPS) is 15.0. The van der Waals surface area contributed by atoms with E-state index in [0.717, 1.165) is 0 Å². The predicted octanol–water partition coefficient (Wildman–Crippen LogP) is 3.02. The maximum atomic E-state index is 11.0. The molecule has 1 fully saturated rings. The van der Waals surface area contributed by atoms with Crippen LogP contribution in [0.15, 0.2) is 35.7 Å². The zero-order chi connectivity index (χ0) is 21.7. The van der Waals surface area contributed by atoms with Crippen LogP contribution in [0.4, 0.5) is 10.5 Å². The first kappa shape index (κ1) is 21.0. The number of benzene rings is 1. The number of hydrogen-bond acceptors (Lipinski definition) is 8. The van der Waals surface area contributed by atoms with Gasteiger partial charge in [-0.25, -0.2) is 9.78 Å². The Morgan fingerprint density at radius 2 is 1.87 bits per heavy atom. The fraction of sp³-hybridized carbons (Fsp3) is 0.368. The molecule has 3 rings (SSSR count). The third-order valence-electron chi connectivity index (χ3n) is 4.75. The van der Waals surface area contributed by atoms with Crippen LogP contribution in [0.5, 0.6) is 11.8 Å². The highest BCUT2D eigenvalue weighted by atomic mass is 16.6. The van der Waals surface area contributed by atoms with Crippen molar-refractivity contribution < 1.29 is 24.4 Å². The van der Waals surface area contributed by atoms with Crippen molar-refractivity contribution in [1.29, 1.82) is 0 Å². The third-order valence-corrected chi connectivity index (χ3v) is 4.75. The number of piperidine rings is 1. The van der Waals surface area contributed by atoms with Gasteiger partial charge in [-0.3, -0.25) is 10.1 Å². The Hall–Kier alpha value is -3.76. The van der Waals surface area contributed by atoms with E-state index < -0.39 is 11.0 Å². The summed E-state index contributed by atoms with van der Waals surface area (Å²) >= 11 is 0. The van der Waals surface area contributed by atoms with Gasteiger partial charge in [-0.1, -0.05) is 5.16 Å². The van der Waals surface area contributed by atoms with Crippen LogP contribution in [0.1, 0.15) is 30.9 Å². The van der Waals surface area contributed by atoms with Crippen molar-refractivity contribution >= 4 is 17.5 Å². The van der Waals surface area contributed by atoms with E-state index in [1.807, 2.05) is 0 Å². The van der Waals surface area contributed by atoms with Crippen LogP contribution in [0.2, 0.25) is 0 Å². The predicted molar refractivity (Wildman–Crippen MR) is 106 cm³/mol. The van der Waals surface area contributed by atoms with Crippen molar-refractivity contribution in [3.05, 3.63) is 51.8 Å². The molecule has 0 bridgehead atoms. The van der Waals surface area contributed by atoms with E-state index in [4.69, 9.17) is 14.7 Å². The average molecular weight is 415 g/mol. The number of carbonyl (C=O) groups is 1. The third kappa shape index (κ3) is 4.99. The molecule has 11 heteroatoms. The second kappa shape index (κ2) is 9.16. The van der Waals surface area contributed by atoms with E-state index in [2.05, 4.69) is 15.1 Å². The van der Waals surface area contributed by atoms with Gasteiger partial charge < -0.3 is 19.6 Å². The van der Waals surface area contributed by atoms with Crippen LogP contribution in [-0.4, -0.2) is 55.9 Å². The first-order valence-corrected chi connectivity index (χ1v) is 9.27. The smallest absolute Gasteiger partial charge is 0.407 e. The zero-order valence-electron chi connectivity index (χ0n) is 16.5. The molecule has 2 aromatic rings. The van der Waals surface area contributed by atoms with Gasteiger partial charge in [0, 0.05) is 38.1 Å². The molecule has 30 heavy (non-hydrogen) atoms. The van der Waals surface area contributed by atoms with Gasteiger partial charge in [0.2, 0.25) is 5.88 Å². The highest BCUT2D eigenvalue weighted by molar-refractivity contribution is 5.98. The fourth-order valence-electron chi connectivity index (χ4n) is 2.94. The van der Waals surface area contributed by atoms with Gasteiger partial charge >= 0.3 is 6.09 Å². The van der Waals surface area contributed by atoms with Crippen LogP contribution in [0, 0.1) is 17.0 Å². The molecule has 158 valence electrons. The number of carboxylic acid groups (broad SMARTS) is 1. The lowest BCUT2D eigenvalue weighted by Crippen LogP contribution is -2.41. The lowest BCUT2D eigenvalue weighted by atomic mass is 10.1. The summed E-state index contributed by atoms with van der Waals surface area (Å²) in [6, 6.07) is 5.97. The molecule has 11 nitrogen and oxygen atoms in total. The Labute approximate surface area is 172 Å². The number of nitro benzene ring substituents is 1. The number of oxime groups is 1. The molecule has 1 aromatic heterocycles. The molecule has 1 N–H and O–H groups in total. The Morgan fingerprint density at radius 3 is 2.47 bits per heavy atom. The van der Waals surface area contributed by atoms with Crippen molar-refractivity contribution in [2.45, 2.75) is 32.8 Å². The molecule has 0 saturated carbocycles. The molecule has 0 radical (unpaired) electrons. The molecule has 0 atom stereocenters. The highest BCUT2D eigenvalue weighted by Gasteiger charge is 2.24. The number of likely N-dealkylation sites (tertiary alicyclic amines) is 1. The van der Waals surface area contributed by atoms with Crippen molar-refractivity contribution in [3.8, 4) is 11.8 Å². The van der Waals surface area contributed by atoms with E-state index >= 15 is 0 Å². The average Bonchev–Trinajstić information content (AvgIpc) is 2.74. The molecule has 0 unspecified atom stereocenters. The Kier molecular flexibility index (Phi) is 6.40. The van der Waals surface area contributed by atoms with Crippen LogP contribution in [0.3, 0.4) is 0 Å². The Balaban J connectivity index is 1.65. The minimum atomic E-state index is -0.927. The molecular formula is C19H21N5O6. The summed E-state index contributed by atoms with van der Waals surface area (Å²) in [5.41, 5.74) is 1.76. The van der Waals surface area contributed by atoms with E-state index in [-0.39, 0.29) is 17.7 Å². The number of nitro groups is 1. The number of non-ortho nitro benzene ring substituents is 1. The maximum Gasteiger partial charge on any atom is 0.407 e. The van der Waals surface area contributed by atoms with Crippen LogP contribution in [0.25, 0.3) is 0 Å². The van der Waals surface area contributed by atoms with E-state index in [9.17, 15) is 14.9 Å². The first-order chi connectivity index (χ1) is 14.3. The maximum absolute atomic E-state index is 11.0. The number of nitrogens with zero attached hydrogens (tertiary/aromatic N) is 5. The summed E-state index contributed by atoms with van der Waals surface area (Å²) in [4.78, 5) is 36.3. The Morgan fingerprint density at radius 1 is 1.23 bits per heavy atom. The van der Waals surface area contributed by atoms with Crippen LogP contribution >= 0.6 is 0 Å². The van der Waals surface area contributed by atoms with E-state index in [1.165, 1.54) is 23.4 Å². The van der Waals surface area contributed by atoms with Gasteiger partial charge in [0.1, 0.15) is 12.4 Å². The Bertz CT molecular complexity index is 954. The number of ether oxygens (including phenoxy) is 1. The molecule has 2 heterocycles. The second-order valence-corrected chi connectivity index (χ2v) is 6.77. The van der Waals surface area contributed by atoms with Crippen molar-refractivity contribution in [2.24, 2.45) is 5.16 Å². The van der Waals surface area contributed by atoms with Crippen molar-refractivity contribution in [1.82, 2.24) is 14.9 Å². The van der Waals surface area contributed by atoms with Crippen LogP contribution in [-0.2, 0) is 0 Å². The topological polar surface area (TPSA) is 140 Å². The standard InChI is InChI=1S/C19H21N5O6/c1-12-17(29-16-7-9-23(10-8-16)19(25)26)20-11-21-18(12)30-22-13(2)14-3-5-15(6-4-14)24(27)28/h3-6,11,16H,7-10H2,1-2H3,(H,25,26)/b22-13-. The van der Waals surface area contributed by atoms with Crippen molar-refractivity contribution in [3.63, 3.8) is 0 Å². The van der Waals surface area contributed by atoms with Gasteiger partial charge in [0.05, 0.1) is 16.2 Å². The molecule has 0 spiro atoms. The summed E-state index contributed by atoms with van der Waals surface area (Å²) in [6.45, 7) is 4.28. The minimum Gasteiger partial charge on any atom is -0.474 e. The minimum absolute atomic E-state index is 0.00454. The molecule has 1 aromatic carbocycles. The first-order valence-electron chi connectivity index (χ1n) is 9.27. The summed E-state index contributed by atoms with van der Waals surface area (Å²) < 4.78 is 5.92. The molecule has 1 aliphatic rings. The van der Waals surface area contributed by atoms with Gasteiger partial charge in [-0.15, -0.1) is 0 Å². The van der Waals surface area contributed by atoms with Crippen molar-refractivity contribution in [2.75, 3.05) is 13.1 Å². The number of hydrogen-bond donors (Lipinski definition) is 1. The number of rotatable bonds is 6. The molecular weight excluding hydrogens is 394 g/mol. The van der Waals surface area contributed by atoms with Crippen LogP contribution < -0.4 is 9.57 Å². The second-order valence-electron chi connectivity index (χ2n) is 6.77. The highest BCUT2D eigenvalue weighted by Crippen LogP contribution is 2.26. The van der Waals surface area contributed by atoms with Gasteiger partial charge in [-0.05, 0) is 31.5 Å². The lowest BCUT2D eigenvalue weighted by Gasteiger charge is -2.30. The molecule has 1 saturated heterocycles. The fourth-order valence-corrected chi connectivity index (χ4v) is 2.94. The van der Waals surface area contributed by atoms with Gasteiger partial charge in [-0.2, -0.15) is 4.98 Å². The zero-order valence-corrected chi connectivity index (χ0v) is 16.5. The molecule has 1 amide bonds. The van der Waals surface area contributed by atoms with Gasteiger partial charge in [0.25, 0.3) is 11.6 Å². The monoisotopic (exact) mass is 415 g/mol. The molecule has 0 aliphatic carbocycles. The summed E-state index contributed by atoms with van der Waals surface area (Å²) in [5.74, 6) is 0.584. The number of aromatic nitrogens is 2. The summed E-state index contributed by atoms with van der Waals surface area (Å²) in [5, 5.41) is 23.8. The van der Waals surface area contributed by atoms with E-state index in [1.54, 1.807) is 26.0 Å².